The van der Waals surface area contributed by atoms with Crippen molar-refractivity contribution in [1.82, 2.24) is 38.9 Å². The van der Waals surface area contributed by atoms with Crippen molar-refractivity contribution in [2.24, 2.45) is 10.9 Å². The lowest BCUT2D eigenvalue weighted by Gasteiger charge is -2.12. The number of ether oxygens (including phenoxy) is 2. The van der Waals surface area contributed by atoms with Gasteiger partial charge in [0, 0.05) is 49.2 Å². The molecule has 8 aromatic carbocycles. The van der Waals surface area contributed by atoms with Gasteiger partial charge in [0.1, 0.15) is 56.8 Å². The van der Waals surface area contributed by atoms with Gasteiger partial charge >= 0.3 is 0 Å². The molecule has 0 unspecified atom stereocenters. The maximum Gasteiger partial charge on any atom is 0.202 e. The lowest BCUT2D eigenvalue weighted by Crippen LogP contribution is -2.06. The number of aromatic hydroxyl groups is 2. The number of methoxy groups -OCH3 is 2. The maximum absolute atomic E-state index is 9.72. The molecular weight excluding hydrogens is 1380 g/mol. The van der Waals surface area contributed by atoms with Crippen LogP contribution in [0.15, 0.2) is 238 Å². The first-order chi connectivity index (χ1) is 51.0. The van der Waals surface area contributed by atoms with E-state index in [0.717, 1.165) is 190 Å². The van der Waals surface area contributed by atoms with E-state index in [0.29, 0.717) is 11.5 Å². The molecule has 0 bridgehead atoms. The predicted octanol–water partition coefficient (Wildman–Crippen LogP) is 20.0. The van der Waals surface area contributed by atoms with Crippen molar-refractivity contribution in [1.29, 1.82) is 10.5 Å². The maximum atomic E-state index is 9.72. The smallest absolute Gasteiger partial charge is 0.202 e. The summed E-state index contributed by atoms with van der Waals surface area (Å²) in [6.45, 7) is 15.2. The van der Waals surface area contributed by atoms with E-state index in [4.69, 9.17) is 38.5 Å². The fourth-order valence-electron chi connectivity index (χ4n) is 13.2. The van der Waals surface area contributed by atoms with E-state index in [1.807, 2.05) is 183 Å². The second-order valence-corrected chi connectivity index (χ2v) is 26.8. The standard InChI is InChI=1S/C21H17N3O2S.C20H18N4O3S.C20H15N3O2S.C20H18N2O2/c1-13-19(14(2)26-23-13)20-21(27-12-22)17-6-4-5-7-18(17)24(20)15-8-10-16(25-3)11-9-15;1-11-17(12(2)27-23-11)18-19(28-20(21)22-26)15-5-3-4-6-16(15)24(18)13-7-9-14(25)10-8-13;1-12-18(13(2)25-22-12)19-20(26-11-21)16-5-3-4-6-17(16)23(19)14-7-9-15(24)10-8-14;1-13-20(14(2)24-21-13)19-12-15-6-4-5-7-18(15)22(19)16-8-10-17(23-3)11-9-16/h4-11H,1-3H3;3-10,25-26H,1-2H3,(H2,21,22);3-10,24H,1-2H3;4-12H,1-3H3. The Balaban J connectivity index is 0.000000124. The van der Waals surface area contributed by atoms with Crippen molar-refractivity contribution in [3.63, 3.8) is 0 Å². The summed E-state index contributed by atoms with van der Waals surface area (Å²) in [4.78, 5) is 2.59. The van der Waals surface area contributed by atoms with Crippen molar-refractivity contribution < 1.29 is 43.0 Å². The number of nitriles is 2. The number of nitrogens with zero attached hydrogens (tertiary/aromatic N) is 11. The number of benzene rings is 8. The Kier molecular flexibility index (Phi) is 20.5. The first kappa shape index (κ1) is 70.7. The molecule has 8 aromatic heterocycles. The number of phenols is 2. The molecular formula is C81H68N12O9S3. The molecule has 5 N–H and O–H groups in total. The van der Waals surface area contributed by atoms with Crippen molar-refractivity contribution in [2.75, 3.05) is 14.2 Å². The summed E-state index contributed by atoms with van der Waals surface area (Å²) in [5, 5.41) is 75.5. The van der Waals surface area contributed by atoms with Crippen LogP contribution in [0.3, 0.4) is 0 Å². The number of thiocyanates is 2. The van der Waals surface area contributed by atoms with Gasteiger partial charge < -0.3 is 67.0 Å². The van der Waals surface area contributed by atoms with Crippen molar-refractivity contribution >= 4 is 84.1 Å². The normalized spacial score (nSPS) is 11.3. The Morgan fingerprint density at radius 2 is 0.733 bits per heavy atom. The fourth-order valence-corrected chi connectivity index (χ4v) is 15.4. The molecule has 0 saturated carbocycles. The number of rotatable bonds is 13. The van der Waals surface area contributed by atoms with Crippen LogP contribution < -0.4 is 15.2 Å². The fraction of sp³-hybridized carbons (Fsp3) is 0.123. The van der Waals surface area contributed by atoms with Gasteiger partial charge in [0.25, 0.3) is 0 Å². The molecule has 0 aliphatic heterocycles. The molecule has 0 spiro atoms. The van der Waals surface area contributed by atoms with Gasteiger partial charge in [0.15, 0.2) is 0 Å². The Morgan fingerprint density at radius 1 is 0.419 bits per heavy atom. The minimum Gasteiger partial charge on any atom is -0.508 e. The van der Waals surface area contributed by atoms with Crippen LogP contribution in [0.4, 0.5) is 0 Å². The highest BCUT2D eigenvalue weighted by Gasteiger charge is 2.30. The number of thioether (sulfide) groups is 3. The number of oxime groups is 1. The number of nitrogens with two attached hydrogens (primary N) is 1. The molecule has 16 aromatic rings. The number of hydrogen-bond donors (Lipinski definition) is 4. The van der Waals surface area contributed by atoms with Gasteiger partial charge in [-0.3, -0.25) is 0 Å². The largest absolute Gasteiger partial charge is 0.508 e. The Morgan fingerprint density at radius 3 is 1.08 bits per heavy atom. The van der Waals surface area contributed by atoms with Crippen LogP contribution in [0, 0.1) is 76.7 Å². The highest BCUT2D eigenvalue weighted by atomic mass is 32.2. The van der Waals surface area contributed by atoms with Crippen LogP contribution in [0.2, 0.25) is 0 Å². The SMILES string of the molecule is COc1ccc(-n2c(-c3c(C)noc3C)c(SC#N)c3ccccc32)cc1.COc1ccc(-n2c(-c3c(C)noc3C)cc3ccccc32)cc1.Cc1noc(C)c1-c1c(S/C(N)=N/O)c2ccccc2n1-c1ccc(O)cc1.Cc1noc(C)c1-c1c(SC#N)c2ccccc2n1-c1ccc(O)cc1. The molecule has 0 radical (unpaired) electrons. The van der Waals surface area contributed by atoms with E-state index >= 15 is 0 Å². The molecule has 524 valence electrons. The zero-order valence-corrected chi connectivity index (χ0v) is 61.0. The zero-order valence-electron chi connectivity index (χ0n) is 58.6. The topological polar surface area (TPSA) is 289 Å². The average molecular weight is 1450 g/mol. The van der Waals surface area contributed by atoms with Gasteiger partial charge in [0.05, 0.1) is 114 Å². The quantitative estimate of drug-likeness (QED) is 0.0208. The predicted molar refractivity (Wildman–Crippen MR) is 412 cm³/mol. The van der Waals surface area contributed by atoms with Crippen molar-refractivity contribution in [2.45, 2.75) is 70.1 Å². The summed E-state index contributed by atoms with van der Waals surface area (Å²) in [6, 6.07) is 64.4. The number of aromatic nitrogens is 8. The van der Waals surface area contributed by atoms with E-state index < -0.39 is 0 Å². The van der Waals surface area contributed by atoms with Crippen molar-refractivity contribution in [3.05, 3.63) is 246 Å². The third-order valence-electron chi connectivity index (χ3n) is 17.8. The molecule has 0 saturated heterocycles. The number of para-hydroxylation sites is 4. The Bertz CT molecular complexity index is 5900. The van der Waals surface area contributed by atoms with Crippen LogP contribution in [0.5, 0.6) is 23.0 Å². The lowest BCUT2D eigenvalue weighted by atomic mass is 10.1. The van der Waals surface area contributed by atoms with E-state index in [1.165, 1.54) is 17.1 Å². The summed E-state index contributed by atoms with van der Waals surface area (Å²) in [5.41, 5.74) is 24.3. The van der Waals surface area contributed by atoms with Gasteiger partial charge in [-0.05, 0) is 218 Å². The van der Waals surface area contributed by atoms with E-state index in [9.17, 15) is 20.7 Å². The third-order valence-corrected chi connectivity index (χ3v) is 20.1. The summed E-state index contributed by atoms with van der Waals surface area (Å²) in [5.74, 6) is 4.94. The number of fused-ring (bicyclic) bond motifs is 4. The highest BCUT2D eigenvalue weighted by molar-refractivity contribution is 8.14. The van der Waals surface area contributed by atoms with Gasteiger partial charge in [-0.1, -0.05) is 98.6 Å². The Hall–Kier alpha value is -12.7. The third kappa shape index (κ3) is 13.6. The van der Waals surface area contributed by atoms with E-state index in [1.54, 1.807) is 38.5 Å². The summed E-state index contributed by atoms with van der Waals surface area (Å²) >= 11 is 3.46. The van der Waals surface area contributed by atoms with Crippen LogP contribution in [-0.4, -0.2) is 73.7 Å². The average Bonchev–Trinajstić information content (AvgIpc) is 1.60. The summed E-state index contributed by atoms with van der Waals surface area (Å²) < 4.78 is 40.7. The molecule has 0 aliphatic rings. The second-order valence-electron chi connectivity index (χ2n) is 24.2. The molecule has 21 nitrogen and oxygen atoms in total. The summed E-state index contributed by atoms with van der Waals surface area (Å²) in [7, 11) is 3.33. The number of aryl methyl sites for hydroxylation is 8. The highest BCUT2D eigenvalue weighted by Crippen LogP contribution is 2.48. The van der Waals surface area contributed by atoms with E-state index in [2.05, 4.69) is 103 Å². The molecule has 8 heterocycles. The summed E-state index contributed by atoms with van der Waals surface area (Å²) in [6.07, 6.45) is 0. The Labute approximate surface area is 615 Å². The van der Waals surface area contributed by atoms with Crippen LogP contribution >= 0.6 is 35.3 Å². The van der Waals surface area contributed by atoms with Gasteiger partial charge in [-0.15, -0.1) is 0 Å². The molecule has 24 heteroatoms. The van der Waals surface area contributed by atoms with E-state index in [-0.39, 0.29) is 16.7 Å². The number of phenolic OH excluding ortho intramolecular Hbond substituents is 2. The molecule has 0 fully saturated rings. The molecule has 105 heavy (non-hydrogen) atoms. The van der Waals surface area contributed by atoms with Crippen LogP contribution in [0.25, 0.3) is 111 Å². The minimum absolute atomic E-state index is 0.0293. The first-order valence-electron chi connectivity index (χ1n) is 32.9. The van der Waals surface area contributed by atoms with Crippen LogP contribution in [0.1, 0.15) is 45.8 Å². The zero-order chi connectivity index (χ0) is 73.7. The number of hydrogen-bond acceptors (Lipinski definition) is 19. The molecule has 0 aliphatic carbocycles. The van der Waals surface area contributed by atoms with Gasteiger partial charge in [-0.25, -0.2) is 0 Å². The first-order valence-corrected chi connectivity index (χ1v) is 35.3. The molecule has 16 rings (SSSR count). The molecule has 0 atom stereocenters. The lowest BCUT2D eigenvalue weighted by molar-refractivity contribution is 0.320. The minimum atomic E-state index is 0.0293. The molecule has 0 amide bonds. The van der Waals surface area contributed by atoms with Crippen molar-refractivity contribution in [3.8, 4) is 102 Å². The van der Waals surface area contributed by atoms with Gasteiger partial charge in [0.2, 0.25) is 5.17 Å². The second kappa shape index (κ2) is 30.4. The number of amidine groups is 1. The van der Waals surface area contributed by atoms with Crippen LogP contribution in [-0.2, 0) is 0 Å². The van der Waals surface area contributed by atoms with Gasteiger partial charge in [-0.2, -0.15) is 10.5 Å². The monoisotopic (exact) mass is 1450 g/mol.